The molecule has 0 radical (unpaired) electrons. The van der Waals surface area contributed by atoms with E-state index in [2.05, 4.69) is 34.6 Å². The molecule has 0 unspecified atom stereocenters. The van der Waals surface area contributed by atoms with Gasteiger partial charge >= 0.3 is 0 Å². The molecule has 0 aromatic heterocycles. The highest BCUT2D eigenvalue weighted by atomic mass is 16.1. The second-order valence-corrected chi connectivity index (χ2v) is 7.20. The van der Waals surface area contributed by atoms with Gasteiger partial charge in [-0.05, 0) is 24.2 Å². The first-order valence-corrected chi connectivity index (χ1v) is 6.68. The fourth-order valence-corrected chi connectivity index (χ4v) is 2.60. The van der Waals surface area contributed by atoms with E-state index in [-0.39, 0.29) is 10.8 Å². The Hall–Kier alpha value is -0.660. The van der Waals surface area contributed by atoms with E-state index in [1.165, 1.54) is 0 Å². The van der Waals surface area contributed by atoms with E-state index < -0.39 is 0 Å². The maximum Gasteiger partial charge on any atom is 0.139 e. The Labute approximate surface area is 105 Å². The van der Waals surface area contributed by atoms with Gasteiger partial charge in [0.2, 0.25) is 0 Å². The lowest BCUT2D eigenvalue weighted by Gasteiger charge is -2.37. The minimum atomic E-state index is -0.270. The van der Waals surface area contributed by atoms with E-state index in [4.69, 9.17) is 0 Å². The highest BCUT2D eigenvalue weighted by Crippen LogP contribution is 2.40. The van der Waals surface area contributed by atoms with Gasteiger partial charge in [0, 0.05) is 24.7 Å². The maximum absolute atomic E-state index is 12.4. The van der Waals surface area contributed by atoms with Gasteiger partial charge in [0.15, 0.2) is 0 Å². The molecule has 1 aliphatic rings. The zero-order valence-electron chi connectivity index (χ0n) is 11.9. The molecule has 0 bridgehead atoms. The number of ketones is 2. The number of hydrogen-bond acceptors (Lipinski definition) is 2. The second-order valence-electron chi connectivity index (χ2n) is 7.20. The second kappa shape index (κ2) is 4.91. The van der Waals surface area contributed by atoms with Crippen LogP contribution in [0, 0.1) is 16.7 Å². The van der Waals surface area contributed by atoms with Crippen molar-refractivity contribution in [3.63, 3.8) is 0 Å². The van der Waals surface area contributed by atoms with Gasteiger partial charge in [0.25, 0.3) is 0 Å². The van der Waals surface area contributed by atoms with Gasteiger partial charge in [-0.3, -0.25) is 9.59 Å². The van der Waals surface area contributed by atoms with Crippen LogP contribution in [0.3, 0.4) is 0 Å². The van der Waals surface area contributed by atoms with Crippen LogP contribution in [0.25, 0.3) is 0 Å². The molecular formula is C15H26O2. The number of hydrogen-bond donors (Lipinski definition) is 0. The van der Waals surface area contributed by atoms with Crippen molar-refractivity contribution < 1.29 is 9.59 Å². The van der Waals surface area contributed by atoms with E-state index >= 15 is 0 Å². The first kappa shape index (κ1) is 14.4. The molecule has 0 aliphatic heterocycles. The molecule has 98 valence electrons. The Morgan fingerprint density at radius 3 is 2.00 bits per heavy atom. The normalized spacial score (nSPS) is 19.5. The average molecular weight is 238 g/mol. The SMILES string of the molecule is CC(C)(C)CC(=O)C(C)(C)C1CCC(=O)CC1. The zero-order valence-corrected chi connectivity index (χ0v) is 11.9. The molecule has 2 nitrogen and oxygen atoms in total. The molecule has 0 spiro atoms. The molecule has 0 aromatic carbocycles. The van der Waals surface area contributed by atoms with Gasteiger partial charge in [-0.1, -0.05) is 34.6 Å². The summed E-state index contributed by atoms with van der Waals surface area (Å²) in [5, 5.41) is 0. The average Bonchev–Trinajstić information content (AvgIpc) is 2.15. The molecule has 0 heterocycles. The molecule has 2 heteroatoms. The molecule has 1 saturated carbocycles. The molecule has 1 rings (SSSR count). The van der Waals surface area contributed by atoms with Crippen LogP contribution in [0.2, 0.25) is 0 Å². The Morgan fingerprint density at radius 2 is 1.59 bits per heavy atom. The van der Waals surface area contributed by atoms with Crippen LogP contribution in [-0.4, -0.2) is 11.6 Å². The number of Topliss-reactive ketones (excluding diaryl/α,β-unsaturated/α-hetero) is 2. The summed E-state index contributed by atoms with van der Waals surface area (Å²) in [6.45, 7) is 10.4. The standard InChI is InChI=1S/C15H26O2/c1-14(2,3)10-13(17)15(4,5)11-6-8-12(16)9-7-11/h11H,6-10H2,1-5H3. The first-order valence-electron chi connectivity index (χ1n) is 6.68. The minimum absolute atomic E-state index is 0.0544. The smallest absolute Gasteiger partial charge is 0.139 e. The predicted octanol–water partition coefficient (Wildman–Crippen LogP) is 3.78. The van der Waals surface area contributed by atoms with Gasteiger partial charge in [-0.15, -0.1) is 0 Å². The fourth-order valence-electron chi connectivity index (χ4n) is 2.60. The Bertz CT molecular complexity index is 297. The monoisotopic (exact) mass is 238 g/mol. The summed E-state index contributed by atoms with van der Waals surface area (Å²) in [5.74, 6) is 1.10. The Balaban J connectivity index is 2.67. The van der Waals surface area contributed by atoms with Crippen molar-refractivity contribution in [3.8, 4) is 0 Å². The van der Waals surface area contributed by atoms with Crippen LogP contribution in [0.4, 0.5) is 0 Å². The topological polar surface area (TPSA) is 34.1 Å². The van der Waals surface area contributed by atoms with Gasteiger partial charge in [-0.25, -0.2) is 0 Å². The summed E-state index contributed by atoms with van der Waals surface area (Å²) in [6.07, 6.45) is 3.74. The number of carbonyl (C=O) groups is 2. The molecule has 17 heavy (non-hydrogen) atoms. The third-order valence-electron chi connectivity index (χ3n) is 3.97. The van der Waals surface area contributed by atoms with Crippen molar-refractivity contribution in [2.24, 2.45) is 16.7 Å². The highest BCUT2D eigenvalue weighted by Gasteiger charge is 2.39. The van der Waals surface area contributed by atoms with Crippen molar-refractivity contribution in [3.05, 3.63) is 0 Å². The molecule has 1 aliphatic carbocycles. The van der Waals surface area contributed by atoms with Crippen molar-refractivity contribution in [1.29, 1.82) is 0 Å². The van der Waals surface area contributed by atoms with Gasteiger partial charge in [-0.2, -0.15) is 0 Å². The Kier molecular flexibility index (Phi) is 4.16. The third-order valence-corrected chi connectivity index (χ3v) is 3.97. The molecule has 0 saturated heterocycles. The summed E-state index contributed by atoms with van der Waals surface area (Å²) in [4.78, 5) is 23.6. The lowest BCUT2D eigenvalue weighted by Crippen LogP contribution is -2.37. The van der Waals surface area contributed by atoms with Crippen LogP contribution in [0.15, 0.2) is 0 Å². The summed E-state index contributed by atoms with van der Waals surface area (Å²) < 4.78 is 0. The molecule has 0 N–H and O–H groups in total. The minimum Gasteiger partial charge on any atom is -0.300 e. The van der Waals surface area contributed by atoms with Crippen LogP contribution in [0.1, 0.15) is 66.7 Å². The number of rotatable bonds is 3. The molecular weight excluding hydrogens is 212 g/mol. The fraction of sp³-hybridized carbons (Fsp3) is 0.867. The van der Waals surface area contributed by atoms with E-state index in [0.717, 1.165) is 12.8 Å². The van der Waals surface area contributed by atoms with E-state index in [1.54, 1.807) is 0 Å². The lowest BCUT2D eigenvalue weighted by molar-refractivity contribution is -0.134. The van der Waals surface area contributed by atoms with Crippen molar-refractivity contribution >= 4 is 11.6 Å². The van der Waals surface area contributed by atoms with E-state index in [1.807, 2.05) is 0 Å². The summed E-state index contributed by atoms with van der Waals surface area (Å²) in [7, 11) is 0. The van der Waals surface area contributed by atoms with Gasteiger partial charge in [0.1, 0.15) is 11.6 Å². The summed E-state index contributed by atoms with van der Waals surface area (Å²) in [5.41, 5.74) is -0.215. The van der Waals surface area contributed by atoms with Crippen LogP contribution in [-0.2, 0) is 9.59 Å². The quantitative estimate of drug-likeness (QED) is 0.750. The summed E-state index contributed by atoms with van der Waals surface area (Å²) in [6, 6.07) is 0. The highest BCUT2D eigenvalue weighted by molar-refractivity contribution is 5.85. The van der Waals surface area contributed by atoms with Crippen LogP contribution >= 0.6 is 0 Å². The Morgan fingerprint density at radius 1 is 1.12 bits per heavy atom. The third kappa shape index (κ3) is 3.93. The first-order chi connectivity index (χ1) is 7.63. The van der Waals surface area contributed by atoms with Crippen molar-refractivity contribution in [1.82, 2.24) is 0 Å². The van der Waals surface area contributed by atoms with E-state index in [9.17, 15) is 9.59 Å². The molecule has 1 fully saturated rings. The van der Waals surface area contributed by atoms with Crippen molar-refractivity contribution in [2.45, 2.75) is 66.7 Å². The van der Waals surface area contributed by atoms with Crippen molar-refractivity contribution in [2.75, 3.05) is 0 Å². The van der Waals surface area contributed by atoms with E-state index in [0.29, 0.717) is 36.7 Å². The number of carbonyl (C=O) groups excluding carboxylic acids is 2. The molecule has 0 atom stereocenters. The van der Waals surface area contributed by atoms with Gasteiger partial charge in [0.05, 0.1) is 0 Å². The predicted molar refractivity (Wildman–Crippen MR) is 69.8 cm³/mol. The lowest BCUT2D eigenvalue weighted by atomic mass is 9.66. The molecule has 0 amide bonds. The van der Waals surface area contributed by atoms with Crippen LogP contribution in [0.5, 0.6) is 0 Å². The van der Waals surface area contributed by atoms with Crippen LogP contribution < -0.4 is 0 Å². The maximum atomic E-state index is 12.4. The zero-order chi connectivity index (χ0) is 13.3. The largest absolute Gasteiger partial charge is 0.300 e. The summed E-state index contributed by atoms with van der Waals surface area (Å²) >= 11 is 0. The van der Waals surface area contributed by atoms with Gasteiger partial charge < -0.3 is 0 Å². The molecule has 0 aromatic rings.